The molecule has 0 aliphatic heterocycles. The van der Waals surface area contributed by atoms with Crippen molar-refractivity contribution in [1.29, 1.82) is 0 Å². The molecular formula is C8H6N2O4. The lowest BCUT2D eigenvalue weighted by Crippen LogP contribution is -1.90. The maximum atomic E-state index is 10.3. The van der Waals surface area contributed by atoms with Gasteiger partial charge in [0.1, 0.15) is 6.20 Å². The number of rotatable bonds is 3. The SMILES string of the molecule is O=C(O)C=Cc1cncc([N+](=O)[O-])c1. The van der Waals surface area contributed by atoms with Gasteiger partial charge >= 0.3 is 5.97 Å². The standard InChI is InChI=1S/C8H6N2O4/c11-8(12)2-1-6-3-7(10(13)14)5-9-4-6/h1-5H,(H,11,12). The van der Waals surface area contributed by atoms with E-state index in [0.717, 1.165) is 12.3 Å². The van der Waals surface area contributed by atoms with Crippen LogP contribution in [0.25, 0.3) is 6.08 Å². The Hall–Kier alpha value is -2.24. The predicted octanol–water partition coefficient (Wildman–Crippen LogP) is 1.09. The first-order chi connectivity index (χ1) is 6.59. The highest BCUT2D eigenvalue weighted by Crippen LogP contribution is 2.11. The Kier molecular flexibility index (Phi) is 2.90. The fraction of sp³-hybridized carbons (Fsp3) is 0. The number of aliphatic carboxylic acids is 1. The van der Waals surface area contributed by atoms with Crippen molar-refractivity contribution in [3.63, 3.8) is 0 Å². The summed E-state index contributed by atoms with van der Waals surface area (Å²) in [6.07, 6.45) is 4.56. The number of aromatic nitrogens is 1. The summed E-state index contributed by atoms with van der Waals surface area (Å²) in [5.74, 6) is -1.11. The quantitative estimate of drug-likeness (QED) is 0.441. The maximum Gasteiger partial charge on any atom is 0.328 e. The highest BCUT2D eigenvalue weighted by molar-refractivity contribution is 5.85. The van der Waals surface area contributed by atoms with E-state index in [1.54, 1.807) is 0 Å². The van der Waals surface area contributed by atoms with E-state index in [0.29, 0.717) is 5.56 Å². The number of carboxylic acid groups (broad SMARTS) is 1. The molecule has 1 aromatic rings. The number of carboxylic acids is 1. The third-order valence-corrected chi connectivity index (χ3v) is 1.37. The fourth-order valence-corrected chi connectivity index (χ4v) is 0.804. The minimum absolute atomic E-state index is 0.169. The van der Waals surface area contributed by atoms with Crippen LogP contribution < -0.4 is 0 Å². The van der Waals surface area contributed by atoms with Crippen LogP contribution >= 0.6 is 0 Å². The molecule has 1 N–H and O–H groups in total. The first-order valence-electron chi connectivity index (χ1n) is 3.60. The summed E-state index contributed by atoms with van der Waals surface area (Å²) in [7, 11) is 0. The number of nitrogens with zero attached hydrogens (tertiary/aromatic N) is 2. The van der Waals surface area contributed by atoms with Gasteiger partial charge in [-0.3, -0.25) is 15.1 Å². The van der Waals surface area contributed by atoms with Gasteiger partial charge in [-0.1, -0.05) is 0 Å². The van der Waals surface area contributed by atoms with E-state index in [9.17, 15) is 14.9 Å². The molecule has 0 atom stereocenters. The summed E-state index contributed by atoms with van der Waals surface area (Å²) in [5, 5.41) is 18.6. The second kappa shape index (κ2) is 4.13. The molecule has 0 amide bonds. The molecule has 0 saturated carbocycles. The monoisotopic (exact) mass is 194 g/mol. The fourth-order valence-electron chi connectivity index (χ4n) is 0.804. The molecule has 0 bridgehead atoms. The molecule has 0 aliphatic carbocycles. The Balaban J connectivity index is 2.94. The van der Waals surface area contributed by atoms with Gasteiger partial charge in [0.05, 0.1) is 4.92 Å². The van der Waals surface area contributed by atoms with Gasteiger partial charge in [-0.25, -0.2) is 4.79 Å². The van der Waals surface area contributed by atoms with Crippen LogP contribution in [0.4, 0.5) is 5.69 Å². The normalized spacial score (nSPS) is 10.3. The molecule has 0 fully saturated rings. The number of carbonyl (C=O) groups is 1. The minimum atomic E-state index is -1.11. The van der Waals surface area contributed by atoms with Crippen molar-refractivity contribution in [3.05, 3.63) is 40.2 Å². The summed E-state index contributed by atoms with van der Waals surface area (Å²) in [6.45, 7) is 0. The van der Waals surface area contributed by atoms with Gasteiger partial charge in [-0.15, -0.1) is 0 Å². The van der Waals surface area contributed by atoms with Crippen molar-refractivity contribution in [3.8, 4) is 0 Å². The van der Waals surface area contributed by atoms with Crippen LogP contribution in [0.2, 0.25) is 0 Å². The molecule has 6 heteroatoms. The lowest BCUT2D eigenvalue weighted by Gasteiger charge is -1.92. The topological polar surface area (TPSA) is 93.3 Å². The van der Waals surface area contributed by atoms with Crippen molar-refractivity contribution in [2.45, 2.75) is 0 Å². The Morgan fingerprint density at radius 3 is 2.86 bits per heavy atom. The highest BCUT2D eigenvalue weighted by atomic mass is 16.6. The van der Waals surface area contributed by atoms with E-state index in [1.165, 1.54) is 18.3 Å². The van der Waals surface area contributed by atoms with Gasteiger partial charge in [0.25, 0.3) is 5.69 Å². The average molecular weight is 194 g/mol. The van der Waals surface area contributed by atoms with Crippen molar-refractivity contribution in [1.82, 2.24) is 4.98 Å². The second-order valence-electron chi connectivity index (χ2n) is 2.41. The Morgan fingerprint density at radius 2 is 2.29 bits per heavy atom. The van der Waals surface area contributed by atoms with Crippen LogP contribution in [-0.4, -0.2) is 21.0 Å². The van der Waals surface area contributed by atoms with Crippen molar-refractivity contribution < 1.29 is 14.8 Å². The van der Waals surface area contributed by atoms with E-state index < -0.39 is 10.9 Å². The third kappa shape index (κ3) is 2.67. The Morgan fingerprint density at radius 1 is 1.57 bits per heavy atom. The van der Waals surface area contributed by atoms with Crippen LogP contribution in [0.3, 0.4) is 0 Å². The van der Waals surface area contributed by atoms with Gasteiger partial charge in [-0.2, -0.15) is 0 Å². The number of nitro groups is 1. The summed E-state index contributed by atoms with van der Waals surface area (Å²) in [5.41, 5.74) is 0.208. The third-order valence-electron chi connectivity index (χ3n) is 1.37. The van der Waals surface area contributed by atoms with Gasteiger partial charge < -0.3 is 5.11 Å². The number of pyridine rings is 1. The summed E-state index contributed by atoms with van der Waals surface area (Å²) in [4.78, 5) is 23.5. The van der Waals surface area contributed by atoms with Crippen LogP contribution in [0.5, 0.6) is 0 Å². The zero-order valence-electron chi connectivity index (χ0n) is 6.95. The number of hydrogen-bond acceptors (Lipinski definition) is 4. The van der Waals surface area contributed by atoms with Crippen LogP contribution in [0, 0.1) is 10.1 Å². The molecule has 0 aromatic carbocycles. The Labute approximate surface area is 78.7 Å². The summed E-state index contributed by atoms with van der Waals surface area (Å²) >= 11 is 0. The lowest BCUT2D eigenvalue weighted by atomic mass is 10.2. The van der Waals surface area contributed by atoms with E-state index in [2.05, 4.69) is 4.98 Å². The van der Waals surface area contributed by atoms with E-state index >= 15 is 0 Å². The van der Waals surface area contributed by atoms with Gasteiger partial charge in [-0.05, 0) is 11.6 Å². The molecule has 0 spiro atoms. The van der Waals surface area contributed by atoms with Crippen molar-refractivity contribution in [2.24, 2.45) is 0 Å². The summed E-state index contributed by atoms with van der Waals surface area (Å²) in [6, 6.07) is 1.24. The maximum absolute atomic E-state index is 10.3. The van der Waals surface area contributed by atoms with Gasteiger partial charge in [0, 0.05) is 18.3 Å². The van der Waals surface area contributed by atoms with E-state index in [-0.39, 0.29) is 5.69 Å². The second-order valence-corrected chi connectivity index (χ2v) is 2.41. The molecule has 1 heterocycles. The van der Waals surface area contributed by atoms with Gasteiger partial charge in [0.2, 0.25) is 0 Å². The minimum Gasteiger partial charge on any atom is -0.478 e. The molecule has 0 unspecified atom stereocenters. The van der Waals surface area contributed by atoms with Gasteiger partial charge in [0.15, 0.2) is 0 Å². The molecule has 1 rings (SSSR count). The predicted molar refractivity (Wildman–Crippen MR) is 47.6 cm³/mol. The molecular weight excluding hydrogens is 188 g/mol. The average Bonchev–Trinajstić information content (AvgIpc) is 2.15. The summed E-state index contributed by atoms with van der Waals surface area (Å²) < 4.78 is 0. The lowest BCUT2D eigenvalue weighted by molar-refractivity contribution is -0.385. The van der Waals surface area contributed by atoms with E-state index in [1.807, 2.05) is 0 Å². The highest BCUT2D eigenvalue weighted by Gasteiger charge is 2.04. The molecule has 1 aromatic heterocycles. The van der Waals surface area contributed by atoms with Crippen molar-refractivity contribution >= 4 is 17.7 Å². The molecule has 6 nitrogen and oxygen atoms in total. The smallest absolute Gasteiger partial charge is 0.328 e. The van der Waals surface area contributed by atoms with Crippen LogP contribution in [-0.2, 0) is 4.79 Å². The first kappa shape index (κ1) is 9.85. The Bertz CT molecular complexity index is 400. The molecule has 0 radical (unpaired) electrons. The first-order valence-corrected chi connectivity index (χ1v) is 3.60. The molecule has 14 heavy (non-hydrogen) atoms. The number of hydrogen-bond donors (Lipinski definition) is 1. The molecule has 0 aliphatic rings. The largest absolute Gasteiger partial charge is 0.478 e. The molecule has 72 valence electrons. The van der Waals surface area contributed by atoms with Crippen LogP contribution in [0.1, 0.15) is 5.56 Å². The molecule has 0 saturated heterocycles. The van der Waals surface area contributed by atoms with Crippen molar-refractivity contribution in [2.75, 3.05) is 0 Å². The van der Waals surface area contributed by atoms with E-state index in [4.69, 9.17) is 5.11 Å². The van der Waals surface area contributed by atoms with Crippen LogP contribution in [0.15, 0.2) is 24.5 Å². The zero-order chi connectivity index (χ0) is 10.6. The zero-order valence-corrected chi connectivity index (χ0v) is 6.95.